The second kappa shape index (κ2) is 7.45. The lowest BCUT2D eigenvalue weighted by Crippen LogP contribution is -2.53. The molecule has 0 spiro atoms. The van der Waals surface area contributed by atoms with E-state index in [0.717, 1.165) is 5.75 Å². The molecule has 0 aliphatic carbocycles. The number of amides is 2. The lowest BCUT2D eigenvalue weighted by molar-refractivity contribution is -0.141. The number of carbonyl (C=O) groups is 2. The van der Waals surface area contributed by atoms with Gasteiger partial charge in [0.2, 0.25) is 0 Å². The Morgan fingerprint density at radius 2 is 2.05 bits per heavy atom. The van der Waals surface area contributed by atoms with Crippen molar-refractivity contribution >= 4 is 35.5 Å². The molecule has 0 aromatic heterocycles. The summed E-state index contributed by atoms with van der Waals surface area (Å²) in [4.78, 5) is 27.2. The largest absolute Gasteiger partial charge is 0.480 e. The van der Waals surface area contributed by atoms with E-state index in [-0.39, 0.29) is 23.4 Å². The number of aliphatic carboxylic acids is 1. The predicted octanol–water partition coefficient (Wildman–Crippen LogP) is 2.27. The molecule has 1 fully saturated rings. The van der Waals surface area contributed by atoms with E-state index >= 15 is 0 Å². The minimum Gasteiger partial charge on any atom is -0.480 e. The Morgan fingerprint density at radius 1 is 1.45 bits per heavy atom. The van der Waals surface area contributed by atoms with Crippen LogP contribution in [0.3, 0.4) is 0 Å². The van der Waals surface area contributed by atoms with Crippen LogP contribution in [0.15, 0.2) is 0 Å². The first-order valence-electron chi connectivity index (χ1n) is 6.69. The molecule has 1 aliphatic heterocycles. The van der Waals surface area contributed by atoms with Crippen LogP contribution in [0.5, 0.6) is 0 Å². The number of carboxylic acids is 1. The predicted molar refractivity (Wildman–Crippen MR) is 85.3 cm³/mol. The van der Waals surface area contributed by atoms with Crippen molar-refractivity contribution < 1.29 is 14.7 Å². The Hall–Kier alpha value is -0.560. The highest BCUT2D eigenvalue weighted by molar-refractivity contribution is 8.00. The molecule has 0 radical (unpaired) electrons. The van der Waals surface area contributed by atoms with Crippen LogP contribution in [0.4, 0.5) is 4.79 Å². The first kappa shape index (κ1) is 17.5. The van der Waals surface area contributed by atoms with Crippen LogP contribution in [0.1, 0.15) is 20.8 Å². The van der Waals surface area contributed by atoms with E-state index in [0.29, 0.717) is 5.75 Å². The summed E-state index contributed by atoms with van der Waals surface area (Å²) in [6.45, 7) is 6.03. The smallest absolute Gasteiger partial charge is 0.327 e. The monoisotopic (exact) mass is 320 g/mol. The van der Waals surface area contributed by atoms with Crippen molar-refractivity contribution in [1.29, 1.82) is 0 Å². The van der Waals surface area contributed by atoms with Crippen molar-refractivity contribution in [2.75, 3.05) is 24.8 Å². The topological polar surface area (TPSA) is 60.9 Å². The highest BCUT2D eigenvalue weighted by Crippen LogP contribution is 2.35. The standard InChI is InChI=1S/C13H24N2O3S2/c1-8(2)11-15(10(7-20-11)12(16)17)13(18)14(4)9(3)6-19-5/h8-11H,6-7H2,1-5H3,(H,16,17). The highest BCUT2D eigenvalue weighted by Gasteiger charge is 2.44. The van der Waals surface area contributed by atoms with Gasteiger partial charge in [0, 0.05) is 24.6 Å². The Bertz CT molecular complexity index is 366. The molecule has 3 atom stereocenters. The maximum atomic E-state index is 12.7. The Morgan fingerprint density at radius 3 is 2.50 bits per heavy atom. The summed E-state index contributed by atoms with van der Waals surface area (Å²) in [6, 6.07) is -0.808. The number of thioether (sulfide) groups is 2. The van der Waals surface area contributed by atoms with E-state index in [1.54, 1.807) is 40.4 Å². The number of urea groups is 1. The number of nitrogens with zero attached hydrogens (tertiary/aromatic N) is 2. The van der Waals surface area contributed by atoms with Crippen molar-refractivity contribution in [1.82, 2.24) is 9.80 Å². The minimum atomic E-state index is -0.917. The maximum Gasteiger partial charge on any atom is 0.327 e. The third-order valence-electron chi connectivity index (χ3n) is 3.48. The van der Waals surface area contributed by atoms with Gasteiger partial charge in [0.25, 0.3) is 0 Å². The van der Waals surface area contributed by atoms with Crippen LogP contribution in [0, 0.1) is 5.92 Å². The summed E-state index contributed by atoms with van der Waals surface area (Å²) < 4.78 is 0. The summed E-state index contributed by atoms with van der Waals surface area (Å²) in [7, 11) is 1.75. The van der Waals surface area contributed by atoms with Gasteiger partial charge in [-0.05, 0) is 19.1 Å². The fourth-order valence-corrected chi connectivity index (χ4v) is 4.37. The molecule has 1 heterocycles. The SMILES string of the molecule is CSCC(C)N(C)C(=O)N1C(C(=O)O)CSC1C(C)C. The van der Waals surface area contributed by atoms with Crippen LogP contribution < -0.4 is 0 Å². The van der Waals surface area contributed by atoms with E-state index in [2.05, 4.69) is 0 Å². The second-order valence-electron chi connectivity index (χ2n) is 5.43. The van der Waals surface area contributed by atoms with Crippen LogP contribution in [0.25, 0.3) is 0 Å². The van der Waals surface area contributed by atoms with Crippen molar-refractivity contribution in [2.45, 2.75) is 38.2 Å². The summed E-state index contributed by atoms with van der Waals surface area (Å²) in [6.07, 6.45) is 2.00. The van der Waals surface area contributed by atoms with Crippen LogP contribution >= 0.6 is 23.5 Å². The molecule has 1 aliphatic rings. The molecule has 1 saturated heterocycles. The molecule has 1 N–H and O–H groups in total. The molecule has 1 rings (SSSR count). The first-order valence-corrected chi connectivity index (χ1v) is 9.14. The van der Waals surface area contributed by atoms with E-state index in [9.17, 15) is 14.7 Å². The van der Waals surface area contributed by atoms with Crippen molar-refractivity contribution in [3.8, 4) is 0 Å². The summed E-state index contributed by atoms with van der Waals surface area (Å²) in [5.41, 5.74) is 0. The van der Waals surface area contributed by atoms with Gasteiger partial charge in [-0.1, -0.05) is 13.8 Å². The quantitative estimate of drug-likeness (QED) is 0.842. The van der Waals surface area contributed by atoms with Gasteiger partial charge in [-0.3, -0.25) is 4.90 Å². The zero-order chi connectivity index (χ0) is 15.4. The third-order valence-corrected chi connectivity index (χ3v) is 5.92. The number of carboxylic acid groups (broad SMARTS) is 1. The molecule has 0 saturated carbocycles. The number of carbonyl (C=O) groups excluding carboxylic acids is 1. The van der Waals surface area contributed by atoms with Gasteiger partial charge in [-0.25, -0.2) is 9.59 Å². The lowest BCUT2D eigenvalue weighted by atomic mass is 10.1. The van der Waals surface area contributed by atoms with Gasteiger partial charge in [0.15, 0.2) is 0 Å². The molecular weight excluding hydrogens is 296 g/mol. The highest BCUT2D eigenvalue weighted by atomic mass is 32.2. The van der Waals surface area contributed by atoms with Crippen molar-refractivity contribution in [2.24, 2.45) is 5.92 Å². The Kier molecular flexibility index (Phi) is 6.51. The molecule has 5 nitrogen and oxygen atoms in total. The fraction of sp³-hybridized carbons (Fsp3) is 0.846. The molecule has 0 aromatic rings. The molecule has 116 valence electrons. The van der Waals surface area contributed by atoms with Gasteiger partial charge in [0.05, 0.1) is 5.37 Å². The van der Waals surface area contributed by atoms with Crippen molar-refractivity contribution in [3.05, 3.63) is 0 Å². The van der Waals surface area contributed by atoms with Gasteiger partial charge in [-0.15, -0.1) is 11.8 Å². The third kappa shape index (κ3) is 3.75. The molecule has 2 amide bonds. The van der Waals surface area contributed by atoms with Crippen LogP contribution in [-0.2, 0) is 4.79 Å². The van der Waals surface area contributed by atoms with Gasteiger partial charge >= 0.3 is 12.0 Å². The summed E-state index contributed by atoms with van der Waals surface area (Å²) in [5.74, 6) is 0.625. The Labute approximate surface area is 129 Å². The molecule has 0 bridgehead atoms. The van der Waals surface area contributed by atoms with Gasteiger partial charge in [-0.2, -0.15) is 11.8 Å². The molecular formula is C13H24N2O3S2. The van der Waals surface area contributed by atoms with E-state index < -0.39 is 12.0 Å². The van der Waals surface area contributed by atoms with Gasteiger partial charge in [0.1, 0.15) is 6.04 Å². The van der Waals surface area contributed by atoms with E-state index in [1.165, 1.54) is 0 Å². The van der Waals surface area contributed by atoms with Crippen molar-refractivity contribution in [3.63, 3.8) is 0 Å². The Balaban J connectivity index is 2.91. The zero-order valence-electron chi connectivity index (χ0n) is 12.7. The molecule has 0 aromatic carbocycles. The average molecular weight is 320 g/mol. The fourth-order valence-electron chi connectivity index (χ4n) is 2.20. The number of rotatable bonds is 5. The maximum absolute atomic E-state index is 12.7. The number of hydrogen-bond acceptors (Lipinski definition) is 4. The van der Waals surface area contributed by atoms with Crippen LogP contribution in [0.2, 0.25) is 0 Å². The molecule has 20 heavy (non-hydrogen) atoms. The molecule has 7 heteroatoms. The van der Waals surface area contributed by atoms with Gasteiger partial charge < -0.3 is 10.0 Å². The summed E-state index contributed by atoms with van der Waals surface area (Å²) in [5, 5.41) is 9.26. The zero-order valence-corrected chi connectivity index (χ0v) is 14.3. The first-order chi connectivity index (χ1) is 9.31. The average Bonchev–Trinajstić information content (AvgIpc) is 2.82. The van der Waals surface area contributed by atoms with E-state index in [4.69, 9.17) is 0 Å². The normalized spacial score (nSPS) is 24.0. The second-order valence-corrected chi connectivity index (χ2v) is 7.49. The lowest BCUT2D eigenvalue weighted by Gasteiger charge is -2.35. The van der Waals surface area contributed by atoms with E-state index in [1.807, 2.05) is 27.0 Å². The minimum absolute atomic E-state index is 0.0625. The molecule has 3 unspecified atom stereocenters. The number of hydrogen-bond donors (Lipinski definition) is 1. The van der Waals surface area contributed by atoms with Crippen LogP contribution in [-0.4, -0.2) is 69.2 Å². The summed E-state index contributed by atoms with van der Waals surface area (Å²) >= 11 is 3.24.